The molecule has 100 valence electrons. The van der Waals surface area contributed by atoms with Gasteiger partial charge in [0.2, 0.25) is 0 Å². The molecule has 2 N–H and O–H groups in total. The smallest absolute Gasteiger partial charge is 0.287 e. The highest BCUT2D eigenvalue weighted by Crippen LogP contribution is 2.24. The molecule has 2 aromatic rings. The normalized spacial score (nSPS) is 23.4. The number of para-hydroxylation sites is 2. The van der Waals surface area contributed by atoms with Gasteiger partial charge in [0.25, 0.3) is 5.91 Å². The highest BCUT2D eigenvalue weighted by atomic mass is 16.2. The molecule has 0 radical (unpaired) electrons. The molecule has 0 aliphatic heterocycles. The lowest BCUT2D eigenvalue weighted by molar-refractivity contribution is 0.0901. The molecule has 1 fully saturated rings. The highest BCUT2D eigenvalue weighted by molar-refractivity contribution is 5.94. The Balaban J connectivity index is 1.76. The molecule has 0 bridgehead atoms. The van der Waals surface area contributed by atoms with Gasteiger partial charge in [-0.25, -0.2) is 4.98 Å². The first-order valence-corrected chi connectivity index (χ1v) is 6.99. The van der Waals surface area contributed by atoms with Crippen LogP contribution in [0.5, 0.6) is 0 Å². The molecule has 1 amide bonds. The number of rotatable bonds is 2. The van der Waals surface area contributed by atoms with Crippen LogP contribution in [0.4, 0.5) is 0 Å². The third-order valence-corrected chi connectivity index (χ3v) is 4.03. The quantitative estimate of drug-likeness (QED) is 0.869. The molecular formula is C15H19N3O. The number of H-pyrrole nitrogens is 1. The Labute approximate surface area is 112 Å². The SMILES string of the molecule is C[C@H]1CCCC[C@H]1NC(=O)c1nc2ccccc2[nH]1. The largest absolute Gasteiger partial charge is 0.346 e. The van der Waals surface area contributed by atoms with E-state index in [0.29, 0.717) is 11.7 Å². The first-order valence-electron chi connectivity index (χ1n) is 6.99. The molecule has 4 heteroatoms. The van der Waals surface area contributed by atoms with E-state index in [-0.39, 0.29) is 11.9 Å². The van der Waals surface area contributed by atoms with Gasteiger partial charge < -0.3 is 10.3 Å². The van der Waals surface area contributed by atoms with Gasteiger partial charge in [0, 0.05) is 6.04 Å². The summed E-state index contributed by atoms with van der Waals surface area (Å²) in [5.74, 6) is 0.885. The summed E-state index contributed by atoms with van der Waals surface area (Å²) < 4.78 is 0. The van der Waals surface area contributed by atoms with Gasteiger partial charge in [0.15, 0.2) is 5.82 Å². The average Bonchev–Trinajstić information content (AvgIpc) is 2.85. The highest BCUT2D eigenvalue weighted by Gasteiger charge is 2.24. The molecule has 0 unspecified atom stereocenters. The Bertz CT molecular complexity index is 557. The summed E-state index contributed by atoms with van der Waals surface area (Å²) in [5, 5.41) is 3.11. The number of imidazole rings is 1. The lowest BCUT2D eigenvalue weighted by Gasteiger charge is -2.29. The molecule has 1 aliphatic carbocycles. The first kappa shape index (κ1) is 12.2. The number of carbonyl (C=O) groups excluding carboxylic acids is 1. The van der Waals surface area contributed by atoms with Crippen LogP contribution in [0.2, 0.25) is 0 Å². The van der Waals surface area contributed by atoms with Crippen molar-refractivity contribution in [1.29, 1.82) is 0 Å². The minimum absolute atomic E-state index is 0.0880. The number of nitrogens with one attached hydrogen (secondary N) is 2. The van der Waals surface area contributed by atoms with E-state index in [1.807, 2.05) is 24.3 Å². The lowest BCUT2D eigenvalue weighted by Crippen LogP contribution is -2.41. The van der Waals surface area contributed by atoms with Gasteiger partial charge in [-0.3, -0.25) is 4.79 Å². The van der Waals surface area contributed by atoms with E-state index in [1.54, 1.807) is 0 Å². The zero-order chi connectivity index (χ0) is 13.2. The van der Waals surface area contributed by atoms with Crippen molar-refractivity contribution < 1.29 is 4.79 Å². The van der Waals surface area contributed by atoms with Crippen molar-refractivity contribution in [3.05, 3.63) is 30.1 Å². The number of benzene rings is 1. The van der Waals surface area contributed by atoms with E-state index in [4.69, 9.17) is 0 Å². The number of amides is 1. The van der Waals surface area contributed by atoms with Gasteiger partial charge in [-0.1, -0.05) is 31.9 Å². The number of nitrogens with zero attached hydrogens (tertiary/aromatic N) is 1. The molecule has 0 spiro atoms. The van der Waals surface area contributed by atoms with E-state index in [0.717, 1.165) is 17.5 Å². The van der Waals surface area contributed by atoms with E-state index in [2.05, 4.69) is 22.2 Å². The Kier molecular flexibility index (Phi) is 3.23. The summed E-state index contributed by atoms with van der Waals surface area (Å²) in [4.78, 5) is 19.6. The second-order valence-electron chi connectivity index (χ2n) is 5.44. The van der Waals surface area contributed by atoms with E-state index >= 15 is 0 Å². The monoisotopic (exact) mass is 257 g/mol. The van der Waals surface area contributed by atoms with Crippen molar-refractivity contribution >= 4 is 16.9 Å². The zero-order valence-corrected chi connectivity index (χ0v) is 11.1. The van der Waals surface area contributed by atoms with Crippen LogP contribution in [0.1, 0.15) is 43.2 Å². The molecule has 1 saturated carbocycles. The lowest BCUT2D eigenvalue weighted by atomic mass is 9.86. The summed E-state index contributed by atoms with van der Waals surface area (Å²) in [7, 11) is 0. The average molecular weight is 257 g/mol. The Morgan fingerprint density at radius 1 is 1.32 bits per heavy atom. The minimum Gasteiger partial charge on any atom is -0.346 e. The van der Waals surface area contributed by atoms with Crippen LogP contribution >= 0.6 is 0 Å². The number of carbonyl (C=O) groups is 1. The van der Waals surface area contributed by atoms with Crippen molar-refractivity contribution in [2.24, 2.45) is 5.92 Å². The van der Waals surface area contributed by atoms with Gasteiger partial charge in [0.05, 0.1) is 11.0 Å². The number of aromatic nitrogens is 2. The van der Waals surface area contributed by atoms with Crippen molar-refractivity contribution in [3.63, 3.8) is 0 Å². The van der Waals surface area contributed by atoms with Gasteiger partial charge >= 0.3 is 0 Å². The van der Waals surface area contributed by atoms with Crippen molar-refractivity contribution in [2.45, 2.75) is 38.6 Å². The Morgan fingerprint density at radius 2 is 2.11 bits per heavy atom. The van der Waals surface area contributed by atoms with E-state index in [1.165, 1.54) is 19.3 Å². The second-order valence-corrected chi connectivity index (χ2v) is 5.44. The van der Waals surface area contributed by atoms with Crippen LogP contribution in [-0.2, 0) is 0 Å². The number of hydrogen-bond acceptors (Lipinski definition) is 2. The molecule has 1 aromatic carbocycles. The van der Waals surface area contributed by atoms with Crippen LogP contribution in [0, 0.1) is 5.92 Å². The van der Waals surface area contributed by atoms with Crippen LogP contribution in [-0.4, -0.2) is 21.9 Å². The van der Waals surface area contributed by atoms with Gasteiger partial charge in [-0.2, -0.15) is 0 Å². The minimum atomic E-state index is -0.0880. The molecule has 0 saturated heterocycles. The standard InChI is InChI=1S/C15H19N3O/c1-10-6-2-3-7-11(10)18-15(19)14-16-12-8-4-5-9-13(12)17-14/h4-5,8-11H,2-3,6-7H2,1H3,(H,16,17)(H,18,19)/t10-,11+/m0/s1. The van der Waals surface area contributed by atoms with Crippen LogP contribution in [0.3, 0.4) is 0 Å². The third-order valence-electron chi connectivity index (χ3n) is 4.03. The molecule has 1 heterocycles. The molecule has 19 heavy (non-hydrogen) atoms. The maximum absolute atomic E-state index is 12.2. The molecule has 1 aliphatic rings. The fourth-order valence-electron chi connectivity index (χ4n) is 2.83. The summed E-state index contributed by atoms with van der Waals surface area (Å²) in [6, 6.07) is 7.99. The summed E-state index contributed by atoms with van der Waals surface area (Å²) in [6.45, 7) is 2.21. The van der Waals surface area contributed by atoms with E-state index < -0.39 is 0 Å². The maximum atomic E-state index is 12.2. The maximum Gasteiger partial charge on any atom is 0.287 e. The number of fused-ring (bicyclic) bond motifs is 1. The van der Waals surface area contributed by atoms with Crippen molar-refractivity contribution in [1.82, 2.24) is 15.3 Å². The summed E-state index contributed by atoms with van der Waals surface area (Å²) in [6.07, 6.45) is 4.76. The van der Waals surface area contributed by atoms with Crippen LogP contribution in [0.25, 0.3) is 11.0 Å². The van der Waals surface area contributed by atoms with Crippen LogP contribution < -0.4 is 5.32 Å². The van der Waals surface area contributed by atoms with E-state index in [9.17, 15) is 4.79 Å². The number of aromatic amines is 1. The molecule has 3 rings (SSSR count). The Hall–Kier alpha value is -1.84. The van der Waals surface area contributed by atoms with Gasteiger partial charge in [-0.15, -0.1) is 0 Å². The van der Waals surface area contributed by atoms with Crippen molar-refractivity contribution in [2.75, 3.05) is 0 Å². The molecule has 2 atom stereocenters. The van der Waals surface area contributed by atoms with Gasteiger partial charge in [0.1, 0.15) is 0 Å². The summed E-state index contributed by atoms with van der Waals surface area (Å²) >= 11 is 0. The topological polar surface area (TPSA) is 57.8 Å². The van der Waals surface area contributed by atoms with Gasteiger partial charge in [-0.05, 0) is 30.9 Å². The predicted molar refractivity (Wildman–Crippen MR) is 75.0 cm³/mol. The molecule has 1 aromatic heterocycles. The third kappa shape index (κ3) is 2.48. The molecule has 4 nitrogen and oxygen atoms in total. The molecular weight excluding hydrogens is 238 g/mol. The predicted octanol–water partition coefficient (Wildman–Crippen LogP) is 2.87. The second kappa shape index (κ2) is 5.03. The number of hydrogen-bond donors (Lipinski definition) is 2. The van der Waals surface area contributed by atoms with Crippen LogP contribution in [0.15, 0.2) is 24.3 Å². The summed E-state index contributed by atoms with van der Waals surface area (Å²) in [5.41, 5.74) is 1.74. The first-order chi connectivity index (χ1) is 9.24. The van der Waals surface area contributed by atoms with Crippen molar-refractivity contribution in [3.8, 4) is 0 Å². The fourth-order valence-corrected chi connectivity index (χ4v) is 2.83. The Morgan fingerprint density at radius 3 is 2.89 bits per heavy atom. The zero-order valence-electron chi connectivity index (χ0n) is 11.1. The fraction of sp³-hybridized carbons (Fsp3) is 0.467.